The highest BCUT2D eigenvalue weighted by molar-refractivity contribution is 5.04. The molecule has 1 fully saturated rings. The maximum absolute atomic E-state index is 5.73. The van der Waals surface area contributed by atoms with Crippen molar-refractivity contribution in [1.29, 1.82) is 0 Å². The molecule has 84 valence electrons. The fourth-order valence-electron chi connectivity index (χ4n) is 1.78. The lowest BCUT2D eigenvalue weighted by molar-refractivity contribution is 0.0790. The largest absolute Gasteiger partial charge is 0.445 e. The summed E-state index contributed by atoms with van der Waals surface area (Å²) in [7, 11) is 0. The van der Waals surface area contributed by atoms with Gasteiger partial charge in [0.25, 0.3) is 0 Å². The van der Waals surface area contributed by atoms with Gasteiger partial charge in [0.1, 0.15) is 5.76 Å². The van der Waals surface area contributed by atoms with Crippen molar-refractivity contribution in [1.82, 2.24) is 4.98 Å². The molecular weight excluding hydrogens is 192 g/mol. The van der Waals surface area contributed by atoms with Crippen molar-refractivity contribution < 1.29 is 9.15 Å². The fourth-order valence-corrected chi connectivity index (χ4v) is 1.78. The molecule has 1 unspecified atom stereocenters. The number of nitrogens with zero attached hydrogens (tertiary/aromatic N) is 1. The summed E-state index contributed by atoms with van der Waals surface area (Å²) in [5.41, 5.74) is 5.58. The Bertz CT molecular complexity index is 305. The van der Waals surface area contributed by atoms with Gasteiger partial charge in [-0.05, 0) is 12.8 Å². The normalized spacial score (nSPS) is 20.4. The second kappa shape index (κ2) is 4.77. The molecule has 1 aromatic heterocycles. The highest BCUT2D eigenvalue weighted by Crippen LogP contribution is 2.27. The highest BCUT2D eigenvalue weighted by Gasteiger charge is 2.21. The molecule has 1 aliphatic rings. The lowest BCUT2D eigenvalue weighted by Crippen LogP contribution is -2.14. The summed E-state index contributed by atoms with van der Waals surface area (Å²) in [6, 6.07) is 0. The predicted molar refractivity (Wildman–Crippen MR) is 56.8 cm³/mol. The Morgan fingerprint density at radius 3 is 2.93 bits per heavy atom. The Kier molecular flexibility index (Phi) is 3.38. The van der Waals surface area contributed by atoms with E-state index in [-0.39, 0.29) is 5.92 Å². The zero-order chi connectivity index (χ0) is 10.7. The molecule has 15 heavy (non-hydrogen) atoms. The topological polar surface area (TPSA) is 61.3 Å². The van der Waals surface area contributed by atoms with Gasteiger partial charge in [-0.15, -0.1) is 0 Å². The van der Waals surface area contributed by atoms with Gasteiger partial charge < -0.3 is 14.9 Å². The van der Waals surface area contributed by atoms with Gasteiger partial charge in [-0.25, -0.2) is 4.98 Å². The quantitative estimate of drug-likeness (QED) is 0.823. The van der Waals surface area contributed by atoms with E-state index in [9.17, 15) is 0 Å². The Morgan fingerprint density at radius 2 is 2.27 bits per heavy atom. The van der Waals surface area contributed by atoms with Crippen molar-refractivity contribution in [2.24, 2.45) is 5.73 Å². The van der Waals surface area contributed by atoms with Gasteiger partial charge in [0.2, 0.25) is 0 Å². The van der Waals surface area contributed by atoms with Crippen LogP contribution in [-0.4, -0.2) is 24.7 Å². The van der Waals surface area contributed by atoms with E-state index in [1.54, 1.807) is 0 Å². The molecule has 1 saturated heterocycles. The van der Waals surface area contributed by atoms with E-state index in [1.165, 1.54) is 0 Å². The monoisotopic (exact) mass is 210 g/mol. The summed E-state index contributed by atoms with van der Waals surface area (Å²) >= 11 is 0. The van der Waals surface area contributed by atoms with Gasteiger partial charge in [-0.1, -0.05) is 6.92 Å². The van der Waals surface area contributed by atoms with Crippen LogP contribution >= 0.6 is 0 Å². The van der Waals surface area contributed by atoms with Crippen LogP contribution in [0.2, 0.25) is 0 Å². The molecule has 0 saturated carbocycles. The van der Waals surface area contributed by atoms with E-state index >= 15 is 0 Å². The van der Waals surface area contributed by atoms with E-state index in [1.807, 2.05) is 13.1 Å². The molecular formula is C11H18N2O2. The Balaban J connectivity index is 2.05. The molecule has 2 N–H and O–H groups in total. The molecule has 0 aliphatic carbocycles. The first-order valence-corrected chi connectivity index (χ1v) is 5.54. The predicted octanol–water partition coefficient (Wildman–Crippen LogP) is 1.63. The molecule has 2 heterocycles. The van der Waals surface area contributed by atoms with E-state index in [0.717, 1.165) is 37.7 Å². The third-order valence-corrected chi connectivity index (χ3v) is 2.95. The average molecular weight is 210 g/mol. The molecule has 4 nitrogen and oxygen atoms in total. The number of rotatable bonds is 3. The molecule has 0 aromatic carbocycles. The molecule has 0 bridgehead atoms. The van der Waals surface area contributed by atoms with E-state index in [4.69, 9.17) is 14.9 Å². The number of hydrogen-bond acceptors (Lipinski definition) is 4. The van der Waals surface area contributed by atoms with Gasteiger partial charge in [0, 0.05) is 31.6 Å². The van der Waals surface area contributed by atoms with E-state index < -0.39 is 0 Å². The minimum Gasteiger partial charge on any atom is -0.445 e. The van der Waals surface area contributed by atoms with Crippen molar-refractivity contribution in [2.75, 3.05) is 19.8 Å². The molecule has 1 aliphatic heterocycles. The van der Waals surface area contributed by atoms with Crippen molar-refractivity contribution >= 4 is 0 Å². The Hall–Kier alpha value is -0.870. The van der Waals surface area contributed by atoms with Crippen LogP contribution in [0.3, 0.4) is 0 Å². The van der Waals surface area contributed by atoms with Crippen molar-refractivity contribution in [3.8, 4) is 0 Å². The molecule has 2 rings (SSSR count). The van der Waals surface area contributed by atoms with Gasteiger partial charge in [-0.2, -0.15) is 0 Å². The van der Waals surface area contributed by atoms with Crippen LogP contribution < -0.4 is 5.73 Å². The van der Waals surface area contributed by atoms with Crippen LogP contribution in [0.25, 0.3) is 0 Å². The molecule has 1 atom stereocenters. The molecule has 0 radical (unpaired) electrons. The van der Waals surface area contributed by atoms with Crippen LogP contribution in [0.4, 0.5) is 0 Å². The maximum atomic E-state index is 5.73. The van der Waals surface area contributed by atoms with Gasteiger partial charge >= 0.3 is 0 Å². The Labute approximate surface area is 89.8 Å². The number of ether oxygens (including phenoxy) is 1. The number of nitrogens with two attached hydrogens (primary N) is 1. The van der Waals surface area contributed by atoms with Crippen LogP contribution in [0.5, 0.6) is 0 Å². The Morgan fingerprint density at radius 1 is 1.53 bits per heavy atom. The molecule has 4 heteroatoms. The van der Waals surface area contributed by atoms with Crippen LogP contribution in [0, 0.1) is 0 Å². The summed E-state index contributed by atoms with van der Waals surface area (Å²) in [6.07, 6.45) is 3.83. The van der Waals surface area contributed by atoms with Crippen molar-refractivity contribution in [3.05, 3.63) is 17.8 Å². The molecule has 0 amide bonds. The number of aromatic nitrogens is 1. The second-order valence-corrected chi connectivity index (χ2v) is 4.12. The summed E-state index contributed by atoms with van der Waals surface area (Å²) in [5.74, 6) is 2.44. The van der Waals surface area contributed by atoms with Crippen LogP contribution in [-0.2, 0) is 4.74 Å². The molecule has 0 spiro atoms. The summed E-state index contributed by atoms with van der Waals surface area (Å²) in [5, 5.41) is 0. The maximum Gasteiger partial charge on any atom is 0.197 e. The summed E-state index contributed by atoms with van der Waals surface area (Å²) in [6.45, 7) is 4.28. The fraction of sp³-hybridized carbons (Fsp3) is 0.727. The lowest BCUT2D eigenvalue weighted by Gasteiger charge is -2.18. The SMILES string of the molecule is CC(CN)c1cnc(C2CCOCC2)o1. The third-order valence-electron chi connectivity index (χ3n) is 2.95. The third kappa shape index (κ3) is 2.38. The summed E-state index contributed by atoms with van der Waals surface area (Å²) in [4.78, 5) is 4.33. The van der Waals surface area contributed by atoms with Gasteiger partial charge in [0.05, 0.1) is 6.20 Å². The minimum absolute atomic E-state index is 0.256. The second-order valence-electron chi connectivity index (χ2n) is 4.12. The van der Waals surface area contributed by atoms with E-state index in [0.29, 0.717) is 12.5 Å². The number of hydrogen-bond donors (Lipinski definition) is 1. The van der Waals surface area contributed by atoms with Crippen molar-refractivity contribution in [2.45, 2.75) is 31.6 Å². The standard InChI is InChI=1S/C11H18N2O2/c1-8(6-12)10-7-13-11(15-10)9-2-4-14-5-3-9/h7-9H,2-6,12H2,1H3. The minimum atomic E-state index is 0.256. The van der Waals surface area contributed by atoms with Crippen molar-refractivity contribution in [3.63, 3.8) is 0 Å². The first-order valence-electron chi connectivity index (χ1n) is 5.54. The van der Waals surface area contributed by atoms with Crippen LogP contribution in [0.1, 0.15) is 43.3 Å². The lowest BCUT2D eigenvalue weighted by atomic mass is 10.0. The van der Waals surface area contributed by atoms with Gasteiger partial charge in [0.15, 0.2) is 5.89 Å². The van der Waals surface area contributed by atoms with Gasteiger partial charge in [-0.3, -0.25) is 0 Å². The zero-order valence-electron chi connectivity index (χ0n) is 9.11. The first kappa shape index (κ1) is 10.6. The number of oxazole rings is 1. The van der Waals surface area contributed by atoms with Crippen LogP contribution in [0.15, 0.2) is 10.6 Å². The first-order chi connectivity index (χ1) is 7.31. The average Bonchev–Trinajstić information content (AvgIpc) is 2.78. The van der Waals surface area contributed by atoms with E-state index in [2.05, 4.69) is 4.98 Å². The molecule has 1 aromatic rings. The zero-order valence-corrected chi connectivity index (χ0v) is 9.11. The smallest absolute Gasteiger partial charge is 0.197 e. The highest BCUT2D eigenvalue weighted by atomic mass is 16.5. The summed E-state index contributed by atoms with van der Waals surface area (Å²) < 4.78 is 11.0.